The molecule has 3 atom stereocenters. The molecule has 1 aliphatic carbocycles. The molecule has 4 aromatic heterocycles. The van der Waals surface area contributed by atoms with Gasteiger partial charge < -0.3 is 44.6 Å². The molecule has 3 aliphatic heterocycles. The van der Waals surface area contributed by atoms with Crippen LogP contribution in [0.1, 0.15) is 87.4 Å². The Kier molecular flexibility index (Phi) is 13.6. The van der Waals surface area contributed by atoms with Crippen LogP contribution in [0, 0.1) is 5.41 Å². The second-order valence-electron chi connectivity index (χ2n) is 20.6. The number of rotatable bonds is 14. The lowest BCUT2D eigenvalue weighted by Gasteiger charge is -2.48. The number of hydrogen-bond acceptors (Lipinski definition) is 13. The van der Waals surface area contributed by atoms with Crippen LogP contribution in [-0.4, -0.2) is 114 Å². The number of pyridine rings is 2. The van der Waals surface area contributed by atoms with Gasteiger partial charge in [-0.2, -0.15) is 0 Å². The number of carbonyl (C=O) groups excluding carboxylic acids is 2. The van der Waals surface area contributed by atoms with Crippen LogP contribution in [0.2, 0.25) is 0 Å². The second-order valence-corrected chi connectivity index (χ2v) is 21.9. The van der Waals surface area contributed by atoms with Gasteiger partial charge in [-0.15, -0.1) is 0 Å². The molecule has 2 saturated heterocycles. The fraction of sp³-hybridized carbons (Fsp3) is 0.451. The Labute approximate surface area is 414 Å². The summed E-state index contributed by atoms with van der Waals surface area (Å²) in [7, 11) is -2.94. The van der Waals surface area contributed by atoms with E-state index in [0.29, 0.717) is 70.4 Å². The van der Waals surface area contributed by atoms with E-state index >= 15 is 0 Å². The van der Waals surface area contributed by atoms with Crippen LogP contribution in [0.15, 0.2) is 73.7 Å². The Bertz CT molecular complexity index is 2900. The highest BCUT2D eigenvalue weighted by Gasteiger charge is 2.39. The van der Waals surface area contributed by atoms with E-state index in [2.05, 4.69) is 84.2 Å². The van der Waals surface area contributed by atoms with E-state index in [-0.39, 0.29) is 41.8 Å². The largest absolute Gasteiger partial charge is 0.478 e. The molecule has 2 fully saturated rings. The highest BCUT2D eigenvalue weighted by Crippen LogP contribution is 2.42. The van der Waals surface area contributed by atoms with E-state index in [1.165, 1.54) is 24.4 Å². The number of aromatic nitrogens is 5. The molecule has 9 rings (SSSR count). The van der Waals surface area contributed by atoms with Crippen molar-refractivity contribution in [3.8, 4) is 17.1 Å². The molecule has 0 radical (unpaired) electrons. The summed E-state index contributed by atoms with van der Waals surface area (Å²) >= 11 is 0. The van der Waals surface area contributed by atoms with Crippen molar-refractivity contribution < 1.29 is 33.8 Å². The molecule has 0 bridgehead atoms. The predicted octanol–water partition coefficient (Wildman–Crippen LogP) is 6.37. The van der Waals surface area contributed by atoms with Crippen molar-refractivity contribution in [1.82, 2.24) is 34.5 Å². The molecule has 19 nitrogen and oxygen atoms in total. The highest BCUT2D eigenvalue weighted by atomic mass is 31.2. The number of hydrogen-bond donors (Lipinski definition) is 6. The molecule has 1 unspecified atom stereocenters. The van der Waals surface area contributed by atoms with Gasteiger partial charge in [-0.05, 0) is 113 Å². The summed E-state index contributed by atoms with van der Waals surface area (Å²) in [5, 5.41) is 19.6. The molecule has 1 aromatic carbocycles. The van der Waals surface area contributed by atoms with Crippen molar-refractivity contribution in [3.05, 3.63) is 102 Å². The summed E-state index contributed by atoms with van der Waals surface area (Å²) in [4.78, 5) is 73.6. The average Bonchev–Trinajstić information content (AvgIpc) is 3.82. The zero-order chi connectivity index (χ0) is 50.6. The van der Waals surface area contributed by atoms with E-state index in [1.807, 2.05) is 36.4 Å². The summed E-state index contributed by atoms with van der Waals surface area (Å²) in [6.07, 6.45) is 10.0. The van der Waals surface area contributed by atoms with Crippen LogP contribution in [0.5, 0.6) is 5.88 Å². The lowest BCUT2D eigenvalue weighted by atomic mass is 9.90. The highest BCUT2D eigenvalue weighted by molar-refractivity contribution is 7.49. The third kappa shape index (κ3) is 10.2. The number of nitrogens with one attached hydrogen (secondary N) is 3. The second kappa shape index (κ2) is 19.4. The van der Waals surface area contributed by atoms with Gasteiger partial charge in [0.25, 0.3) is 11.8 Å². The van der Waals surface area contributed by atoms with E-state index in [0.717, 1.165) is 63.2 Å². The Hall–Kier alpha value is -6.21. The van der Waals surface area contributed by atoms with Gasteiger partial charge in [0.15, 0.2) is 5.82 Å². The number of aliphatic hydroxyl groups excluding tert-OH is 1. The molecule has 4 aliphatic rings. The minimum absolute atomic E-state index is 0.115. The molecule has 6 N–H and O–H groups in total. The van der Waals surface area contributed by atoms with Crippen LogP contribution >= 0.6 is 7.75 Å². The maximum Gasteiger partial charge on any atom is 0.401 e. The van der Waals surface area contributed by atoms with Crippen molar-refractivity contribution in [2.24, 2.45) is 5.41 Å². The van der Waals surface area contributed by atoms with E-state index in [1.54, 1.807) is 43.4 Å². The number of nitrogens with zero attached hydrogens (tertiary/aromatic N) is 9. The van der Waals surface area contributed by atoms with Crippen molar-refractivity contribution in [1.29, 1.82) is 0 Å². The normalized spacial score (nSPS) is 20.4. The van der Waals surface area contributed by atoms with Gasteiger partial charge in [0.2, 0.25) is 5.91 Å². The predicted molar refractivity (Wildman–Crippen MR) is 274 cm³/mol. The van der Waals surface area contributed by atoms with Gasteiger partial charge in [0, 0.05) is 86.1 Å². The number of carbonyl (C=O) groups is 2. The third-order valence-electron chi connectivity index (χ3n) is 14.5. The Balaban J connectivity index is 0.894. The monoisotopic (exact) mass is 988 g/mol. The van der Waals surface area contributed by atoms with Gasteiger partial charge in [-0.3, -0.25) is 24.4 Å². The fourth-order valence-electron chi connectivity index (χ4n) is 11.1. The first-order valence-corrected chi connectivity index (χ1v) is 25.8. The first kappa shape index (κ1) is 49.8. The van der Waals surface area contributed by atoms with Crippen LogP contribution in [0.4, 0.5) is 34.4 Å². The summed E-state index contributed by atoms with van der Waals surface area (Å²) < 4.78 is 19.5. The Morgan fingerprint density at radius 1 is 0.986 bits per heavy atom. The van der Waals surface area contributed by atoms with E-state index < -0.39 is 13.3 Å². The molecule has 2 amide bonds. The maximum absolute atomic E-state index is 14.1. The molecule has 376 valence electrons. The number of amides is 2. The molecular weight excluding hydrogens is 924 g/mol. The fourth-order valence-corrected chi connectivity index (χ4v) is 12.0. The van der Waals surface area contributed by atoms with Gasteiger partial charge in [-0.1, -0.05) is 20.4 Å². The number of benzene rings is 1. The van der Waals surface area contributed by atoms with Gasteiger partial charge in [-0.25, -0.2) is 24.6 Å². The molecule has 7 heterocycles. The first-order chi connectivity index (χ1) is 33.8. The van der Waals surface area contributed by atoms with Crippen molar-refractivity contribution in [2.45, 2.75) is 104 Å². The van der Waals surface area contributed by atoms with E-state index in [4.69, 9.17) is 9.72 Å². The zero-order valence-electron chi connectivity index (χ0n) is 41.5. The molecular formula is C51H65N12O7P. The number of piperidine rings is 1. The van der Waals surface area contributed by atoms with Crippen LogP contribution in [0.3, 0.4) is 0 Å². The van der Waals surface area contributed by atoms with Crippen LogP contribution in [-0.2, 0) is 40.9 Å². The number of anilines is 6. The molecule has 20 heteroatoms. The number of aliphatic hydroxyl groups is 1. The first-order valence-electron chi connectivity index (χ1n) is 24.2. The molecule has 5 aromatic rings. The molecule has 71 heavy (non-hydrogen) atoms. The number of piperazine rings is 1. The summed E-state index contributed by atoms with van der Waals surface area (Å²) in [6, 6.07) is 14.1. The zero-order valence-corrected chi connectivity index (χ0v) is 42.4. The Morgan fingerprint density at radius 2 is 1.79 bits per heavy atom. The number of methoxy groups -OCH3 is 1. The van der Waals surface area contributed by atoms with Crippen molar-refractivity contribution >= 4 is 53.9 Å². The standard InChI is InChI=1S/C51H65N12O7P/c1-9-45(65)56-39-24-34(10-12-41(39)61-19-18-59(29-32(61)3)35-15-17-60(31(2)22-35)36-11-13-44(53-27-36)51(6,7)58-71(67,68)69)55-46-48(70-8)54-28-40(57-46)37-14-16-52-47(38(37)30-64)63-21-20-62-42(49(63)66)23-33-25-50(4,5)26-43(33)62/h9-14,16,23-24,27-28,31-32,35,64H,1,15,17-22,25-26,29-30H2,2-8H3,(H,55,57)(H,56,65)(H3,58,67,68,69)/t31-,32-,35?/m0/s1. The summed E-state index contributed by atoms with van der Waals surface area (Å²) in [5.74, 6) is 0.415. The number of ether oxygens (including phenoxy) is 1. The summed E-state index contributed by atoms with van der Waals surface area (Å²) in [6.45, 7) is 19.9. The minimum Gasteiger partial charge on any atom is -0.478 e. The molecule has 0 saturated carbocycles. The SMILES string of the molecule is C=CC(=O)Nc1cc(Nc2nc(-c3ccnc(N4CCn5c(cc6c5CC(C)(C)C6)C4=O)c3CO)cnc2OC)ccc1N1CCN(C2CCN(c3ccc(C(C)(C)NP(=O)(O)O)nc3)[C@@H](C)C2)C[C@@H]1C. The van der Waals surface area contributed by atoms with Crippen LogP contribution < -0.4 is 35.2 Å². The van der Waals surface area contributed by atoms with Gasteiger partial charge >= 0.3 is 7.75 Å². The Morgan fingerprint density at radius 3 is 2.48 bits per heavy atom. The molecule has 0 spiro atoms. The van der Waals surface area contributed by atoms with Gasteiger partial charge in [0.1, 0.15) is 11.5 Å². The lowest BCUT2D eigenvalue weighted by molar-refractivity contribution is -0.111. The number of fused-ring (bicyclic) bond motifs is 3. The smallest absolute Gasteiger partial charge is 0.401 e. The topological polar surface area (TPSA) is 227 Å². The van der Waals surface area contributed by atoms with Gasteiger partial charge in [0.05, 0.1) is 60.1 Å². The van der Waals surface area contributed by atoms with Crippen LogP contribution in [0.25, 0.3) is 11.3 Å². The van der Waals surface area contributed by atoms with Crippen molar-refractivity contribution in [3.63, 3.8) is 0 Å². The lowest BCUT2D eigenvalue weighted by Crippen LogP contribution is -2.58. The third-order valence-corrected chi connectivity index (χ3v) is 15.3. The van der Waals surface area contributed by atoms with Crippen molar-refractivity contribution in [2.75, 3.05) is 65.2 Å². The summed E-state index contributed by atoms with van der Waals surface area (Å²) in [5.41, 5.74) is 7.32. The average molecular weight is 989 g/mol. The van der Waals surface area contributed by atoms with E-state index in [9.17, 15) is 29.0 Å². The minimum atomic E-state index is -4.45. The maximum atomic E-state index is 14.1. The quantitative estimate of drug-likeness (QED) is 0.0525.